The molecule has 20 heavy (non-hydrogen) atoms. The Labute approximate surface area is 118 Å². The molecule has 0 bridgehead atoms. The number of alkyl halides is 3. The average Bonchev–Trinajstić information content (AvgIpc) is 2.39. The Hall–Kier alpha value is -1.23. The fourth-order valence-corrected chi connectivity index (χ4v) is 2.83. The third-order valence-corrected chi connectivity index (χ3v) is 3.90. The van der Waals surface area contributed by atoms with E-state index in [0.717, 1.165) is 25.8 Å². The minimum Gasteiger partial charge on any atom is -0.369 e. The van der Waals surface area contributed by atoms with Crippen molar-refractivity contribution in [3.63, 3.8) is 0 Å². The van der Waals surface area contributed by atoms with E-state index in [1.807, 2.05) is 6.07 Å². The van der Waals surface area contributed by atoms with Crippen LogP contribution < -0.4 is 10.2 Å². The normalized spacial score (nSPS) is 20.2. The van der Waals surface area contributed by atoms with E-state index in [1.54, 1.807) is 13.1 Å². The van der Waals surface area contributed by atoms with E-state index in [2.05, 4.69) is 17.1 Å². The maximum atomic E-state index is 13.2. The molecule has 1 aromatic carbocycles. The molecule has 5 heteroatoms. The molecule has 1 fully saturated rings. The van der Waals surface area contributed by atoms with E-state index < -0.39 is 11.7 Å². The molecule has 1 saturated heterocycles. The molecular formula is C15H21F3N2. The first kappa shape index (κ1) is 15.2. The molecule has 0 aliphatic carbocycles. The first-order chi connectivity index (χ1) is 9.43. The number of rotatable bonds is 3. The molecule has 0 radical (unpaired) electrons. The van der Waals surface area contributed by atoms with E-state index in [4.69, 9.17) is 0 Å². The molecule has 1 atom stereocenters. The number of halogens is 3. The smallest absolute Gasteiger partial charge is 0.369 e. The highest BCUT2D eigenvalue weighted by Crippen LogP contribution is 2.36. The molecule has 112 valence electrons. The summed E-state index contributed by atoms with van der Waals surface area (Å²) in [5.41, 5.74) is 0.458. The van der Waals surface area contributed by atoms with Gasteiger partial charge in [-0.25, -0.2) is 0 Å². The summed E-state index contributed by atoms with van der Waals surface area (Å²) in [4.78, 5) is 2.09. The van der Waals surface area contributed by atoms with Crippen LogP contribution in [0.15, 0.2) is 18.2 Å². The van der Waals surface area contributed by atoms with Crippen LogP contribution in [0, 0.1) is 0 Å². The lowest BCUT2D eigenvalue weighted by molar-refractivity contribution is -0.138. The van der Waals surface area contributed by atoms with Crippen LogP contribution >= 0.6 is 0 Å². The zero-order valence-corrected chi connectivity index (χ0v) is 11.9. The highest BCUT2D eigenvalue weighted by Gasteiger charge is 2.34. The van der Waals surface area contributed by atoms with Crippen LogP contribution in [0.1, 0.15) is 37.3 Å². The quantitative estimate of drug-likeness (QED) is 0.909. The molecule has 1 heterocycles. The highest BCUT2D eigenvalue weighted by molar-refractivity contribution is 5.53. The largest absolute Gasteiger partial charge is 0.416 e. The molecule has 0 spiro atoms. The molecule has 1 aromatic rings. The van der Waals surface area contributed by atoms with Gasteiger partial charge in [-0.1, -0.05) is 6.07 Å². The number of hydrogen-bond acceptors (Lipinski definition) is 2. The van der Waals surface area contributed by atoms with E-state index in [1.165, 1.54) is 6.07 Å². The Kier molecular flexibility index (Phi) is 4.58. The summed E-state index contributed by atoms with van der Waals surface area (Å²) in [5.74, 6) is 0. The van der Waals surface area contributed by atoms with Crippen molar-refractivity contribution in [3.05, 3.63) is 29.3 Å². The van der Waals surface area contributed by atoms with Gasteiger partial charge in [0.2, 0.25) is 0 Å². The monoisotopic (exact) mass is 286 g/mol. The highest BCUT2D eigenvalue weighted by atomic mass is 19.4. The Bertz CT molecular complexity index is 457. The van der Waals surface area contributed by atoms with E-state index in [9.17, 15) is 13.2 Å². The second-order valence-corrected chi connectivity index (χ2v) is 5.41. The van der Waals surface area contributed by atoms with Gasteiger partial charge in [0.1, 0.15) is 0 Å². The Morgan fingerprint density at radius 2 is 2.05 bits per heavy atom. The maximum Gasteiger partial charge on any atom is 0.416 e. The lowest BCUT2D eigenvalue weighted by Crippen LogP contribution is -2.37. The summed E-state index contributed by atoms with van der Waals surface area (Å²) in [6.07, 6.45) is -1.06. The minimum atomic E-state index is -4.30. The predicted octanol–water partition coefficient (Wildman–Crippen LogP) is 3.80. The summed E-state index contributed by atoms with van der Waals surface area (Å²) >= 11 is 0. The molecule has 1 unspecified atom stereocenters. The lowest BCUT2D eigenvalue weighted by Gasteiger charge is -2.36. The summed E-state index contributed by atoms with van der Waals surface area (Å²) in [5, 5.41) is 2.79. The standard InChI is InChI=1S/C15H21F3N2/c1-11-5-3-4-8-20(11)13-7-6-12(10-19-2)14(9-13)15(16,17)18/h6-7,9,11,19H,3-5,8,10H2,1-2H3. The van der Waals surface area contributed by atoms with E-state index >= 15 is 0 Å². The van der Waals surface area contributed by atoms with Gasteiger partial charge in [-0.15, -0.1) is 0 Å². The van der Waals surface area contributed by atoms with Gasteiger partial charge in [-0.2, -0.15) is 13.2 Å². The fraction of sp³-hybridized carbons (Fsp3) is 0.600. The summed E-state index contributed by atoms with van der Waals surface area (Å²) < 4.78 is 39.5. The van der Waals surface area contributed by atoms with Gasteiger partial charge >= 0.3 is 6.18 Å². The van der Waals surface area contributed by atoms with Crippen LogP contribution in [0.2, 0.25) is 0 Å². The Balaban J connectivity index is 2.36. The van der Waals surface area contributed by atoms with Gasteiger partial charge in [0, 0.05) is 24.8 Å². The van der Waals surface area contributed by atoms with Crippen LogP contribution in [-0.4, -0.2) is 19.6 Å². The third-order valence-electron chi connectivity index (χ3n) is 3.90. The van der Waals surface area contributed by atoms with Crippen molar-refractivity contribution < 1.29 is 13.2 Å². The first-order valence-corrected chi connectivity index (χ1v) is 7.05. The lowest BCUT2D eigenvalue weighted by atomic mass is 10.0. The van der Waals surface area contributed by atoms with Crippen LogP contribution in [0.4, 0.5) is 18.9 Å². The SMILES string of the molecule is CNCc1ccc(N2CCCCC2C)cc1C(F)(F)F. The van der Waals surface area contributed by atoms with Gasteiger partial charge in [-0.3, -0.25) is 0 Å². The van der Waals surface area contributed by atoms with Crippen molar-refractivity contribution >= 4 is 5.69 Å². The topological polar surface area (TPSA) is 15.3 Å². The Morgan fingerprint density at radius 1 is 1.30 bits per heavy atom. The molecule has 2 rings (SSSR count). The van der Waals surface area contributed by atoms with Gasteiger partial charge in [-0.05, 0) is 50.9 Å². The van der Waals surface area contributed by atoms with Crippen LogP contribution in [0.25, 0.3) is 0 Å². The zero-order chi connectivity index (χ0) is 14.8. The molecule has 1 aliphatic heterocycles. The van der Waals surface area contributed by atoms with Crippen molar-refractivity contribution in [2.45, 2.75) is 44.9 Å². The first-order valence-electron chi connectivity index (χ1n) is 7.05. The number of benzene rings is 1. The van der Waals surface area contributed by atoms with Gasteiger partial charge in [0.15, 0.2) is 0 Å². The second kappa shape index (κ2) is 6.04. The van der Waals surface area contributed by atoms with Gasteiger partial charge in [0.05, 0.1) is 5.56 Å². The van der Waals surface area contributed by atoms with Crippen LogP contribution in [0.5, 0.6) is 0 Å². The average molecular weight is 286 g/mol. The third kappa shape index (κ3) is 3.26. The van der Waals surface area contributed by atoms with Crippen molar-refractivity contribution in [1.29, 1.82) is 0 Å². The van der Waals surface area contributed by atoms with Crippen molar-refractivity contribution in [1.82, 2.24) is 5.32 Å². The minimum absolute atomic E-state index is 0.227. The van der Waals surface area contributed by atoms with E-state index in [0.29, 0.717) is 17.3 Å². The molecule has 0 amide bonds. The summed E-state index contributed by atoms with van der Waals surface area (Å²) in [6.45, 7) is 3.14. The summed E-state index contributed by atoms with van der Waals surface area (Å²) in [7, 11) is 1.65. The molecular weight excluding hydrogens is 265 g/mol. The van der Waals surface area contributed by atoms with Crippen LogP contribution in [-0.2, 0) is 12.7 Å². The number of nitrogens with zero attached hydrogens (tertiary/aromatic N) is 1. The van der Waals surface area contributed by atoms with Gasteiger partial charge in [0.25, 0.3) is 0 Å². The van der Waals surface area contributed by atoms with Gasteiger partial charge < -0.3 is 10.2 Å². The number of anilines is 1. The molecule has 0 saturated carbocycles. The van der Waals surface area contributed by atoms with Crippen molar-refractivity contribution in [2.24, 2.45) is 0 Å². The van der Waals surface area contributed by atoms with Crippen LogP contribution in [0.3, 0.4) is 0 Å². The maximum absolute atomic E-state index is 13.2. The number of hydrogen-bond donors (Lipinski definition) is 1. The number of nitrogens with one attached hydrogen (secondary N) is 1. The predicted molar refractivity (Wildman–Crippen MR) is 74.9 cm³/mol. The fourth-order valence-electron chi connectivity index (χ4n) is 2.83. The molecule has 1 aliphatic rings. The second-order valence-electron chi connectivity index (χ2n) is 5.41. The molecule has 1 N–H and O–H groups in total. The van der Waals surface area contributed by atoms with E-state index in [-0.39, 0.29) is 6.54 Å². The summed E-state index contributed by atoms with van der Waals surface area (Å²) in [6, 6.07) is 5.01. The van der Waals surface area contributed by atoms with Crippen molar-refractivity contribution in [2.75, 3.05) is 18.5 Å². The Morgan fingerprint density at radius 3 is 2.65 bits per heavy atom. The zero-order valence-electron chi connectivity index (χ0n) is 11.9. The molecule has 2 nitrogen and oxygen atoms in total. The molecule has 0 aromatic heterocycles. The van der Waals surface area contributed by atoms with Crippen molar-refractivity contribution in [3.8, 4) is 0 Å². The number of piperidine rings is 1.